The molecule has 0 unspecified atom stereocenters. The van der Waals surface area contributed by atoms with Crippen LogP contribution in [0.1, 0.15) is 34.6 Å². The van der Waals surface area contributed by atoms with Crippen molar-refractivity contribution in [1.82, 2.24) is 9.80 Å². The number of carbonyl (C=O) groups is 3. The smallest absolute Gasteiger partial charge is 0.410 e. The summed E-state index contributed by atoms with van der Waals surface area (Å²) in [5, 5.41) is 2.87. The summed E-state index contributed by atoms with van der Waals surface area (Å²) >= 11 is 0. The predicted molar refractivity (Wildman–Crippen MR) is 109 cm³/mol. The van der Waals surface area contributed by atoms with E-state index >= 15 is 0 Å². The minimum absolute atomic E-state index is 0.0616. The maximum atomic E-state index is 12.6. The fraction of sp³-hybridized carbons (Fsp3) is 0.550. The number of nitrogens with one attached hydrogen (secondary N) is 1. The highest BCUT2D eigenvalue weighted by molar-refractivity contribution is 5.92. The number of carbonyl (C=O) groups excluding carboxylic acids is 3. The zero-order chi connectivity index (χ0) is 21.1. The van der Waals surface area contributed by atoms with Crippen molar-refractivity contribution in [2.75, 3.05) is 36.9 Å². The van der Waals surface area contributed by atoms with E-state index in [2.05, 4.69) is 5.32 Å². The van der Waals surface area contributed by atoms with Crippen molar-refractivity contribution in [3.63, 3.8) is 0 Å². The minimum Gasteiger partial charge on any atom is -0.444 e. The van der Waals surface area contributed by atoms with Crippen molar-refractivity contribution >= 4 is 29.4 Å². The van der Waals surface area contributed by atoms with E-state index in [0.717, 1.165) is 5.69 Å². The summed E-state index contributed by atoms with van der Waals surface area (Å²) in [4.78, 5) is 41.1. The van der Waals surface area contributed by atoms with Gasteiger partial charge in [-0.2, -0.15) is 0 Å². The summed E-state index contributed by atoms with van der Waals surface area (Å²) in [6, 6.07) is 6.72. The topological polar surface area (TPSA) is 82.2 Å². The van der Waals surface area contributed by atoms with Crippen molar-refractivity contribution in [3.05, 3.63) is 24.3 Å². The molecule has 1 heterocycles. The number of rotatable bonds is 2. The molecule has 1 aliphatic heterocycles. The lowest BCUT2D eigenvalue weighted by Gasteiger charge is -2.40. The van der Waals surface area contributed by atoms with Gasteiger partial charge in [-0.25, -0.2) is 9.59 Å². The summed E-state index contributed by atoms with van der Waals surface area (Å²) < 4.78 is 5.40. The summed E-state index contributed by atoms with van der Waals surface area (Å²) in [5.74, 6) is -0.0616. The van der Waals surface area contributed by atoms with Gasteiger partial charge in [-0.15, -0.1) is 0 Å². The second kappa shape index (κ2) is 8.50. The number of ether oxygens (including phenoxy) is 1. The van der Waals surface area contributed by atoms with E-state index in [4.69, 9.17) is 4.74 Å². The lowest BCUT2D eigenvalue weighted by molar-refractivity contribution is -0.116. The first kappa shape index (κ1) is 21.5. The molecule has 0 spiro atoms. The fourth-order valence-corrected chi connectivity index (χ4v) is 2.90. The number of hydrogen-bond acceptors (Lipinski definition) is 4. The van der Waals surface area contributed by atoms with Crippen molar-refractivity contribution in [2.45, 2.75) is 46.3 Å². The molecule has 2 rings (SSSR count). The molecule has 28 heavy (non-hydrogen) atoms. The maximum absolute atomic E-state index is 12.6. The van der Waals surface area contributed by atoms with Crippen molar-refractivity contribution < 1.29 is 19.1 Å². The monoisotopic (exact) mass is 390 g/mol. The number of amides is 4. The Balaban J connectivity index is 1.93. The molecule has 1 N–H and O–H groups in total. The Morgan fingerprint density at radius 2 is 1.75 bits per heavy atom. The summed E-state index contributed by atoms with van der Waals surface area (Å²) in [7, 11) is 1.70. The van der Waals surface area contributed by atoms with Crippen LogP contribution in [0.3, 0.4) is 0 Å². The second-order valence-electron chi connectivity index (χ2n) is 8.02. The Morgan fingerprint density at radius 3 is 2.25 bits per heavy atom. The first-order chi connectivity index (χ1) is 13.0. The molecule has 1 fully saturated rings. The van der Waals surface area contributed by atoms with Crippen LogP contribution in [0.15, 0.2) is 24.3 Å². The van der Waals surface area contributed by atoms with Gasteiger partial charge >= 0.3 is 12.1 Å². The van der Waals surface area contributed by atoms with Crippen LogP contribution in [0, 0.1) is 0 Å². The highest BCUT2D eigenvalue weighted by Crippen LogP contribution is 2.19. The van der Waals surface area contributed by atoms with Crippen LogP contribution < -0.4 is 10.2 Å². The average Bonchev–Trinajstić information content (AvgIpc) is 2.60. The van der Waals surface area contributed by atoms with Gasteiger partial charge < -0.3 is 24.8 Å². The quantitative estimate of drug-likeness (QED) is 0.841. The lowest BCUT2D eigenvalue weighted by Crippen LogP contribution is -2.57. The van der Waals surface area contributed by atoms with Crippen molar-refractivity contribution in [2.24, 2.45) is 0 Å². The molecule has 0 aliphatic carbocycles. The van der Waals surface area contributed by atoms with E-state index in [-0.39, 0.29) is 24.1 Å². The first-order valence-corrected chi connectivity index (χ1v) is 9.38. The maximum Gasteiger partial charge on any atom is 0.410 e. The fourth-order valence-electron chi connectivity index (χ4n) is 2.90. The number of urea groups is 1. The molecule has 8 nitrogen and oxygen atoms in total. The normalized spacial score (nSPS) is 17.1. The van der Waals surface area contributed by atoms with E-state index in [1.165, 1.54) is 11.8 Å². The molecular weight excluding hydrogens is 360 g/mol. The molecule has 1 aromatic carbocycles. The van der Waals surface area contributed by atoms with E-state index in [1.807, 2.05) is 27.7 Å². The predicted octanol–water partition coefficient (Wildman–Crippen LogP) is 3.14. The number of benzene rings is 1. The summed E-state index contributed by atoms with van der Waals surface area (Å²) in [6.45, 7) is 10.2. The summed E-state index contributed by atoms with van der Waals surface area (Å²) in [6.07, 6.45) is -0.357. The van der Waals surface area contributed by atoms with Gasteiger partial charge in [-0.3, -0.25) is 4.79 Å². The first-order valence-electron chi connectivity index (χ1n) is 9.38. The van der Waals surface area contributed by atoms with E-state index in [0.29, 0.717) is 25.3 Å². The van der Waals surface area contributed by atoms with Crippen LogP contribution in [0.4, 0.5) is 21.0 Å². The molecule has 0 aromatic heterocycles. The molecule has 0 radical (unpaired) electrons. The molecule has 1 aliphatic rings. The molecule has 1 saturated heterocycles. The molecule has 154 valence electrons. The third-order valence-electron chi connectivity index (χ3n) is 4.52. The zero-order valence-electron chi connectivity index (χ0n) is 17.5. The number of nitrogens with zero attached hydrogens (tertiary/aromatic N) is 3. The van der Waals surface area contributed by atoms with Crippen LogP contribution in [-0.4, -0.2) is 66.2 Å². The summed E-state index contributed by atoms with van der Waals surface area (Å²) in [5.41, 5.74) is 0.856. The van der Waals surface area contributed by atoms with Crippen LogP contribution in [0.5, 0.6) is 0 Å². The molecule has 8 heteroatoms. The Labute approximate surface area is 166 Å². The molecular formula is C20H30N4O4. The van der Waals surface area contributed by atoms with Crippen LogP contribution in [-0.2, 0) is 9.53 Å². The van der Waals surface area contributed by atoms with Crippen LogP contribution in [0.2, 0.25) is 0 Å². The minimum atomic E-state index is -0.544. The van der Waals surface area contributed by atoms with Gasteiger partial charge in [-0.1, -0.05) is 0 Å². The number of anilines is 2. The highest BCUT2D eigenvalue weighted by Gasteiger charge is 2.32. The Bertz CT molecular complexity index is 727. The zero-order valence-corrected chi connectivity index (χ0v) is 17.5. The van der Waals surface area contributed by atoms with Gasteiger partial charge in [-0.05, 0) is 52.0 Å². The van der Waals surface area contributed by atoms with Gasteiger partial charge in [0.25, 0.3) is 0 Å². The van der Waals surface area contributed by atoms with Gasteiger partial charge in [0.15, 0.2) is 0 Å². The van der Waals surface area contributed by atoms with E-state index in [9.17, 15) is 14.4 Å². The second-order valence-corrected chi connectivity index (χ2v) is 8.02. The lowest BCUT2D eigenvalue weighted by atomic mass is 10.2. The largest absolute Gasteiger partial charge is 0.444 e. The molecule has 0 bridgehead atoms. The number of piperazine rings is 1. The van der Waals surface area contributed by atoms with Gasteiger partial charge in [0.1, 0.15) is 5.60 Å². The number of hydrogen-bond donors (Lipinski definition) is 1. The van der Waals surface area contributed by atoms with Gasteiger partial charge in [0.2, 0.25) is 5.91 Å². The Morgan fingerprint density at radius 1 is 1.14 bits per heavy atom. The van der Waals surface area contributed by atoms with Gasteiger partial charge in [0, 0.05) is 51.0 Å². The third kappa shape index (κ3) is 5.61. The van der Waals surface area contributed by atoms with Gasteiger partial charge in [0.05, 0.1) is 0 Å². The van der Waals surface area contributed by atoms with Crippen LogP contribution >= 0.6 is 0 Å². The molecule has 1 atom stereocenters. The van der Waals surface area contributed by atoms with Crippen molar-refractivity contribution in [1.29, 1.82) is 0 Å². The highest BCUT2D eigenvalue weighted by atomic mass is 16.6. The molecule has 4 amide bonds. The SMILES string of the molecule is CC(=O)N(C)c1ccc(NC(=O)N2CCN(C(=O)OC(C)(C)C)C[C@@H]2C)cc1. The average molecular weight is 390 g/mol. The Kier molecular flexibility index (Phi) is 6.53. The third-order valence-corrected chi connectivity index (χ3v) is 4.52. The molecule has 1 aromatic rings. The Hall–Kier alpha value is -2.77. The standard InChI is InChI=1S/C20H30N4O4/c1-14-13-23(19(27)28-20(3,4)5)11-12-24(14)18(26)21-16-7-9-17(10-8-16)22(6)15(2)25/h7-10,14H,11-13H2,1-6H3,(H,21,26)/t14-/m0/s1. The van der Waals surface area contributed by atoms with E-state index < -0.39 is 5.60 Å². The van der Waals surface area contributed by atoms with Crippen LogP contribution in [0.25, 0.3) is 0 Å². The molecule has 0 saturated carbocycles. The van der Waals surface area contributed by atoms with Crippen molar-refractivity contribution in [3.8, 4) is 0 Å². The van der Waals surface area contributed by atoms with E-state index in [1.54, 1.807) is 41.1 Å².